The van der Waals surface area contributed by atoms with E-state index in [1.54, 1.807) is 12.0 Å². The minimum Gasteiger partial charge on any atom is -0.384 e. The molecular weight excluding hydrogens is 260 g/mol. The number of hydrogen-bond donors (Lipinski definition) is 1. The summed E-state index contributed by atoms with van der Waals surface area (Å²) >= 11 is 0. The van der Waals surface area contributed by atoms with Crippen LogP contribution in [0.15, 0.2) is 4.52 Å². The second-order valence-corrected chi connectivity index (χ2v) is 5.47. The Labute approximate surface area is 117 Å². The smallest absolute Gasteiger partial charge is 0.295 e. The highest BCUT2D eigenvalue weighted by molar-refractivity contribution is 5.90. The molecule has 110 valence electrons. The Morgan fingerprint density at radius 2 is 2.45 bits per heavy atom. The number of ether oxygens (including phenoxy) is 1. The molecule has 7 heteroatoms. The molecule has 0 bridgehead atoms. The van der Waals surface area contributed by atoms with Crippen molar-refractivity contribution in [2.75, 3.05) is 33.4 Å². The van der Waals surface area contributed by atoms with E-state index >= 15 is 0 Å². The molecule has 3 rings (SSSR count). The predicted molar refractivity (Wildman–Crippen MR) is 70.2 cm³/mol. The molecule has 2 fully saturated rings. The van der Waals surface area contributed by atoms with Crippen molar-refractivity contribution in [3.63, 3.8) is 0 Å². The zero-order chi connectivity index (χ0) is 13.9. The van der Waals surface area contributed by atoms with Gasteiger partial charge in [0, 0.05) is 26.1 Å². The number of likely N-dealkylation sites (tertiary alicyclic amines) is 1. The first kappa shape index (κ1) is 13.5. The maximum absolute atomic E-state index is 12.3. The van der Waals surface area contributed by atoms with Gasteiger partial charge in [-0.2, -0.15) is 4.98 Å². The summed E-state index contributed by atoms with van der Waals surface area (Å²) in [5, 5.41) is 7.11. The first-order chi connectivity index (χ1) is 9.78. The summed E-state index contributed by atoms with van der Waals surface area (Å²) < 4.78 is 10.3. The zero-order valence-electron chi connectivity index (χ0n) is 11.7. The Bertz CT molecular complexity index is 470. The summed E-state index contributed by atoms with van der Waals surface area (Å²) in [4.78, 5) is 18.3. The lowest BCUT2D eigenvalue weighted by Gasteiger charge is -2.13. The van der Waals surface area contributed by atoms with Crippen LogP contribution >= 0.6 is 0 Å². The van der Waals surface area contributed by atoms with E-state index in [2.05, 4.69) is 15.5 Å². The van der Waals surface area contributed by atoms with Crippen LogP contribution in [0.5, 0.6) is 0 Å². The SMILES string of the molecule is COCC1CCN(C(=O)c2noc(C3CCCN3)n2)C1. The van der Waals surface area contributed by atoms with Crippen LogP contribution < -0.4 is 5.32 Å². The average Bonchev–Trinajstić information content (AvgIpc) is 3.19. The quantitative estimate of drug-likeness (QED) is 0.870. The predicted octanol–water partition coefficient (Wildman–Crippen LogP) is 0.603. The number of methoxy groups -OCH3 is 1. The van der Waals surface area contributed by atoms with Crippen LogP contribution in [-0.2, 0) is 4.74 Å². The topological polar surface area (TPSA) is 80.5 Å². The third-order valence-electron chi connectivity index (χ3n) is 3.97. The molecule has 1 aromatic rings. The molecule has 1 N–H and O–H groups in total. The average molecular weight is 280 g/mol. The normalized spacial score (nSPS) is 26.4. The molecule has 20 heavy (non-hydrogen) atoms. The largest absolute Gasteiger partial charge is 0.384 e. The third-order valence-corrected chi connectivity index (χ3v) is 3.97. The number of rotatable bonds is 4. The number of hydrogen-bond acceptors (Lipinski definition) is 6. The second-order valence-electron chi connectivity index (χ2n) is 5.47. The molecule has 2 aliphatic heterocycles. The van der Waals surface area contributed by atoms with Crippen LogP contribution in [0.1, 0.15) is 41.8 Å². The minimum absolute atomic E-state index is 0.101. The fourth-order valence-corrected chi connectivity index (χ4v) is 2.89. The number of nitrogens with zero attached hydrogens (tertiary/aromatic N) is 3. The van der Waals surface area contributed by atoms with E-state index in [9.17, 15) is 4.79 Å². The number of carbonyl (C=O) groups excluding carboxylic acids is 1. The van der Waals surface area contributed by atoms with Gasteiger partial charge in [0.1, 0.15) is 0 Å². The lowest BCUT2D eigenvalue weighted by molar-refractivity contribution is 0.0760. The molecule has 3 heterocycles. The zero-order valence-corrected chi connectivity index (χ0v) is 11.7. The molecule has 1 aromatic heterocycles. The van der Waals surface area contributed by atoms with Crippen molar-refractivity contribution in [2.45, 2.75) is 25.3 Å². The monoisotopic (exact) mass is 280 g/mol. The van der Waals surface area contributed by atoms with Crippen LogP contribution in [0.3, 0.4) is 0 Å². The van der Waals surface area contributed by atoms with Gasteiger partial charge in [-0.1, -0.05) is 5.16 Å². The van der Waals surface area contributed by atoms with E-state index in [0.29, 0.717) is 25.0 Å². The van der Waals surface area contributed by atoms with Crippen molar-refractivity contribution in [2.24, 2.45) is 5.92 Å². The van der Waals surface area contributed by atoms with Crippen molar-refractivity contribution in [1.29, 1.82) is 0 Å². The van der Waals surface area contributed by atoms with Crippen molar-refractivity contribution in [1.82, 2.24) is 20.4 Å². The van der Waals surface area contributed by atoms with Crippen LogP contribution in [-0.4, -0.2) is 54.3 Å². The fourth-order valence-electron chi connectivity index (χ4n) is 2.89. The van der Waals surface area contributed by atoms with Gasteiger partial charge in [-0.15, -0.1) is 0 Å². The maximum Gasteiger partial charge on any atom is 0.295 e. The molecule has 7 nitrogen and oxygen atoms in total. The Hall–Kier alpha value is -1.47. The molecule has 1 amide bonds. The summed E-state index contributed by atoms with van der Waals surface area (Å²) in [7, 11) is 1.69. The summed E-state index contributed by atoms with van der Waals surface area (Å²) in [6.07, 6.45) is 3.05. The molecule has 0 aromatic carbocycles. The third kappa shape index (κ3) is 2.69. The fraction of sp³-hybridized carbons (Fsp3) is 0.769. The maximum atomic E-state index is 12.3. The molecular formula is C13H20N4O3. The van der Waals surface area contributed by atoms with E-state index < -0.39 is 0 Å². The van der Waals surface area contributed by atoms with Gasteiger partial charge in [0.15, 0.2) is 0 Å². The summed E-state index contributed by atoms with van der Waals surface area (Å²) in [6, 6.07) is 0.101. The summed E-state index contributed by atoms with van der Waals surface area (Å²) in [5.74, 6) is 0.966. The number of nitrogens with one attached hydrogen (secondary N) is 1. The molecule has 0 radical (unpaired) electrons. The van der Waals surface area contributed by atoms with Gasteiger partial charge in [-0.25, -0.2) is 0 Å². The molecule has 0 aliphatic carbocycles. The Kier molecular flexibility index (Phi) is 3.98. The van der Waals surface area contributed by atoms with E-state index in [1.807, 2.05) is 0 Å². The number of aromatic nitrogens is 2. The van der Waals surface area contributed by atoms with Crippen molar-refractivity contribution < 1.29 is 14.1 Å². The Morgan fingerprint density at radius 3 is 3.20 bits per heavy atom. The van der Waals surface area contributed by atoms with Crippen molar-refractivity contribution in [3.05, 3.63) is 11.7 Å². The molecule has 0 saturated carbocycles. The van der Waals surface area contributed by atoms with E-state index in [0.717, 1.165) is 32.4 Å². The molecule has 2 unspecified atom stereocenters. The Morgan fingerprint density at radius 1 is 1.55 bits per heavy atom. The van der Waals surface area contributed by atoms with Gasteiger partial charge in [0.25, 0.3) is 11.7 Å². The molecule has 2 atom stereocenters. The lowest BCUT2D eigenvalue weighted by Crippen LogP contribution is -2.30. The standard InChI is InChI=1S/C13H20N4O3/c1-19-8-9-4-6-17(7-9)13(18)11-15-12(20-16-11)10-3-2-5-14-10/h9-10,14H,2-8H2,1H3. The molecule has 2 aliphatic rings. The van der Waals surface area contributed by atoms with E-state index in [4.69, 9.17) is 9.26 Å². The first-order valence-electron chi connectivity index (χ1n) is 7.13. The van der Waals surface area contributed by atoms with Gasteiger partial charge in [0.05, 0.1) is 12.6 Å². The van der Waals surface area contributed by atoms with Gasteiger partial charge < -0.3 is 19.5 Å². The highest BCUT2D eigenvalue weighted by Gasteiger charge is 2.31. The van der Waals surface area contributed by atoms with Gasteiger partial charge >= 0.3 is 0 Å². The summed E-state index contributed by atoms with van der Waals surface area (Å²) in [5.41, 5.74) is 0. The van der Waals surface area contributed by atoms with Crippen molar-refractivity contribution in [3.8, 4) is 0 Å². The van der Waals surface area contributed by atoms with E-state index in [1.165, 1.54) is 0 Å². The highest BCUT2D eigenvalue weighted by Crippen LogP contribution is 2.22. The van der Waals surface area contributed by atoms with Crippen LogP contribution in [0, 0.1) is 5.92 Å². The van der Waals surface area contributed by atoms with Crippen LogP contribution in [0.25, 0.3) is 0 Å². The van der Waals surface area contributed by atoms with Gasteiger partial charge in [-0.3, -0.25) is 4.79 Å². The molecule has 2 saturated heterocycles. The van der Waals surface area contributed by atoms with Crippen molar-refractivity contribution >= 4 is 5.91 Å². The molecule has 0 spiro atoms. The minimum atomic E-state index is -0.142. The van der Waals surface area contributed by atoms with E-state index in [-0.39, 0.29) is 17.8 Å². The highest BCUT2D eigenvalue weighted by atomic mass is 16.5. The van der Waals surface area contributed by atoms with Gasteiger partial charge in [0.2, 0.25) is 5.89 Å². The number of carbonyl (C=O) groups is 1. The second kappa shape index (κ2) is 5.88. The lowest BCUT2D eigenvalue weighted by atomic mass is 10.1. The number of amides is 1. The summed E-state index contributed by atoms with van der Waals surface area (Å²) in [6.45, 7) is 3.09. The van der Waals surface area contributed by atoms with Gasteiger partial charge in [-0.05, 0) is 25.8 Å². The first-order valence-corrected chi connectivity index (χ1v) is 7.13. The Balaban J connectivity index is 1.62. The van der Waals surface area contributed by atoms with Crippen LogP contribution in [0.4, 0.5) is 0 Å². The van der Waals surface area contributed by atoms with Crippen LogP contribution in [0.2, 0.25) is 0 Å².